The van der Waals surface area contributed by atoms with Crippen LogP contribution in [-0.4, -0.2) is 26.0 Å². The van der Waals surface area contributed by atoms with E-state index in [9.17, 15) is 0 Å². The maximum Gasteiger partial charge on any atom is 0.222 e. The van der Waals surface area contributed by atoms with Crippen molar-refractivity contribution < 1.29 is 4.74 Å². The number of aromatic nitrogens is 4. The highest BCUT2D eigenvalue weighted by molar-refractivity contribution is 5.67. The van der Waals surface area contributed by atoms with Gasteiger partial charge in [0.15, 0.2) is 5.65 Å². The van der Waals surface area contributed by atoms with Crippen molar-refractivity contribution in [2.24, 2.45) is 0 Å². The number of aryl methyl sites for hydroxylation is 1. The first-order valence-electron chi connectivity index (χ1n) is 8.09. The molecule has 0 bridgehead atoms. The van der Waals surface area contributed by atoms with Gasteiger partial charge in [-0.3, -0.25) is 4.40 Å². The minimum absolute atomic E-state index is 0.404. The SMILES string of the molecule is CCOc1ncccc1-c1ccn2c([C@@H](C)CC)nc(C)c2n1. The van der Waals surface area contributed by atoms with Gasteiger partial charge in [0.2, 0.25) is 5.88 Å². The van der Waals surface area contributed by atoms with Crippen LogP contribution >= 0.6 is 0 Å². The summed E-state index contributed by atoms with van der Waals surface area (Å²) in [6, 6.07) is 5.88. The van der Waals surface area contributed by atoms with E-state index < -0.39 is 0 Å². The molecule has 0 saturated heterocycles. The Morgan fingerprint density at radius 3 is 2.78 bits per heavy atom. The van der Waals surface area contributed by atoms with Crippen molar-refractivity contribution in [3.05, 3.63) is 42.1 Å². The van der Waals surface area contributed by atoms with Gasteiger partial charge in [-0.1, -0.05) is 13.8 Å². The molecule has 0 spiro atoms. The van der Waals surface area contributed by atoms with Gasteiger partial charge in [-0.25, -0.2) is 15.0 Å². The summed E-state index contributed by atoms with van der Waals surface area (Å²) in [5, 5.41) is 0. The van der Waals surface area contributed by atoms with Gasteiger partial charge in [0.05, 0.1) is 23.6 Å². The van der Waals surface area contributed by atoms with E-state index >= 15 is 0 Å². The van der Waals surface area contributed by atoms with Gasteiger partial charge < -0.3 is 4.74 Å². The lowest BCUT2D eigenvalue weighted by Crippen LogP contribution is -2.01. The Bertz CT molecular complexity index is 825. The first-order valence-corrected chi connectivity index (χ1v) is 8.09. The maximum absolute atomic E-state index is 5.62. The topological polar surface area (TPSA) is 52.3 Å². The van der Waals surface area contributed by atoms with Crippen LogP contribution in [0.25, 0.3) is 16.9 Å². The summed E-state index contributed by atoms with van der Waals surface area (Å²) in [6.07, 6.45) is 4.83. The Labute approximate surface area is 136 Å². The Kier molecular flexibility index (Phi) is 4.28. The molecule has 0 aromatic carbocycles. The summed E-state index contributed by atoms with van der Waals surface area (Å²) < 4.78 is 7.71. The van der Waals surface area contributed by atoms with Crippen molar-refractivity contribution in [1.29, 1.82) is 0 Å². The molecule has 0 fully saturated rings. The molecule has 5 nitrogen and oxygen atoms in total. The molecule has 0 saturated carbocycles. The third-order valence-electron chi connectivity index (χ3n) is 4.07. The molecule has 23 heavy (non-hydrogen) atoms. The van der Waals surface area contributed by atoms with Gasteiger partial charge in [0.1, 0.15) is 5.82 Å². The van der Waals surface area contributed by atoms with Gasteiger partial charge in [-0.2, -0.15) is 0 Å². The number of fused-ring (bicyclic) bond motifs is 1. The molecule has 0 aliphatic carbocycles. The zero-order chi connectivity index (χ0) is 16.4. The quantitative estimate of drug-likeness (QED) is 0.714. The fourth-order valence-electron chi connectivity index (χ4n) is 2.65. The minimum Gasteiger partial charge on any atom is -0.477 e. The molecule has 1 atom stereocenters. The average Bonchev–Trinajstić information content (AvgIpc) is 2.91. The molecule has 3 heterocycles. The third-order valence-corrected chi connectivity index (χ3v) is 4.07. The summed E-state index contributed by atoms with van der Waals surface area (Å²) in [6.45, 7) is 8.90. The zero-order valence-electron chi connectivity index (χ0n) is 14.1. The van der Waals surface area contributed by atoms with Gasteiger partial charge >= 0.3 is 0 Å². The van der Waals surface area contributed by atoms with Crippen molar-refractivity contribution in [3.8, 4) is 17.1 Å². The molecule has 120 valence electrons. The van der Waals surface area contributed by atoms with E-state index in [1.54, 1.807) is 6.20 Å². The molecular formula is C18H22N4O. The van der Waals surface area contributed by atoms with Gasteiger partial charge in [0, 0.05) is 18.3 Å². The summed E-state index contributed by atoms with van der Waals surface area (Å²) in [5.41, 5.74) is 3.60. The Morgan fingerprint density at radius 1 is 1.22 bits per heavy atom. The third kappa shape index (κ3) is 2.79. The van der Waals surface area contributed by atoms with Crippen LogP contribution in [0.1, 0.15) is 44.6 Å². The van der Waals surface area contributed by atoms with Crippen molar-refractivity contribution in [2.75, 3.05) is 6.61 Å². The number of rotatable bonds is 5. The Morgan fingerprint density at radius 2 is 2.04 bits per heavy atom. The highest BCUT2D eigenvalue weighted by atomic mass is 16.5. The molecule has 3 aromatic heterocycles. The minimum atomic E-state index is 0.404. The van der Waals surface area contributed by atoms with Crippen LogP contribution in [0.4, 0.5) is 0 Å². The lowest BCUT2D eigenvalue weighted by molar-refractivity contribution is 0.328. The number of hydrogen-bond donors (Lipinski definition) is 0. The number of nitrogens with zero attached hydrogens (tertiary/aromatic N) is 4. The van der Waals surface area contributed by atoms with Crippen LogP contribution in [0.15, 0.2) is 30.6 Å². The molecule has 0 amide bonds. The van der Waals surface area contributed by atoms with E-state index in [-0.39, 0.29) is 0 Å². The monoisotopic (exact) mass is 310 g/mol. The maximum atomic E-state index is 5.62. The molecule has 3 aromatic rings. The predicted octanol–water partition coefficient (Wildman–Crippen LogP) is 4.01. The van der Waals surface area contributed by atoms with Crippen molar-refractivity contribution in [1.82, 2.24) is 19.4 Å². The van der Waals surface area contributed by atoms with Crippen LogP contribution in [0, 0.1) is 6.92 Å². The zero-order valence-corrected chi connectivity index (χ0v) is 14.1. The van der Waals surface area contributed by atoms with Crippen LogP contribution < -0.4 is 4.74 Å². The molecule has 0 aliphatic heterocycles. The summed E-state index contributed by atoms with van der Waals surface area (Å²) in [4.78, 5) is 13.8. The van der Waals surface area contributed by atoms with Gasteiger partial charge in [-0.05, 0) is 38.5 Å². The fraction of sp³-hybridized carbons (Fsp3) is 0.389. The Balaban J connectivity index is 2.13. The fourth-order valence-corrected chi connectivity index (χ4v) is 2.65. The van der Waals surface area contributed by atoms with E-state index in [1.165, 1.54) is 0 Å². The lowest BCUT2D eigenvalue weighted by atomic mass is 10.1. The highest BCUT2D eigenvalue weighted by Crippen LogP contribution is 2.28. The normalized spacial score (nSPS) is 12.5. The van der Waals surface area contributed by atoms with Crippen LogP contribution in [0.5, 0.6) is 5.88 Å². The van der Waals surface area contributed by atoms with E-state index in [4.69, 9.17) is 14.7 Å². The first kappa shape index (κ1) is 15.5. The number of hydrogen-bond acceptors (Lipinski definition) is 4. The molecule has 0 radical (unpaired) electrons. The van der Waals surface area contributed by atoms with E-state index in [1.807, 2.05) is 38.2 Å². The standard InChI is InChI=1S/C18H22N4O/c1-5-12(3)16-20-13(4)17-21-15(9-11-22(16)17)14-8-7-10-19-18(14)23-6-2/h7-12H,5-6H2,1-4H3/t12-/m0/s1. The first-order chi connectivity index (χ1) is 11.2. The summed E-state index contributed by atoms with van der Waals surface area (Å²) in [5.74, 6) is 2.09. The van der Waals surface area contributed by atoms with Gasteiger partial charge in [-0.15, -0.1) is 0 Å². The second-order valence-electron chi connectivity index (χ2n) is 5.66. The second-order valence-corrected chi connectivity index (χ2v) is 5.66. The molecule has 0 aliphatic rings. The predicted molar refractivity (Wildman–Crippen MR) is 90.8 cm³/mol. The number of imidazole rings is 1. The Hall–Kier alpha value is -2.43. The number of ether oxygens (including phenoxy) is 1. The average molecular weight is 310 g/mol. The van der Waals surface area contributed by atoms with Crippen molar-refractivity contribution >= 4 is 5.65 Å². The smallest absolute Gasteiger partial charge is 0.222 e. The van der Waals surface area contributed by atoms with E-state index in [0.29, 0.717) is 18.4 Å². The molecule has 5 heteroatoms. The largest absolute Gasteiger partial charge is 0.477 e. The summed E-state index contributed by atoms with van der Waals surface area (Å²) >= 11 is 0. The lowest BCUT2D eigenvalue weighted by Gasteiger charge is -2.10. The molecular weight excluding hydrogens is 288 g/mol. The summed E-state index contributed by atoms with van der Waals surface area (Å²) in [7, 11) is 0. The van der Waals surface area contributed by atoms with Crippen molar-refractivity contribution in [2.45, 2.75) is 40.0 Å². The molecule has 0 unspecified atom stereocenters. The molecule has 3 rings (SSSR count). The highest BCUT2D eigenvalue weighted by Gasteiger charge is 2.16. The van der Waals surface area contributed by atoms with Crippen molar-refractivity contribution in [3.63, 3.8) is 0 Å². The van der Waals surface area contributed by atoms with E-state index in [0.717, 1.165) is 34.8 Å². The van der Waals surface area contributed by atoms with E-state index in [2.05, 4.69) is 23.2 Å². The molecule has 0 N–H and O–H groups in total. The second kappa shape index (κ2) is 6.36. The van der Waals surface area contributed by atoms with Crippen LogP contribution in [0.3, 0.4) is 0 Å². The van der Waals surface area contributed by atoms with Gasteiger partial charge in [0.25, 0.3) is 0 Å². The van der Waals surface area contributed by atoms with Crippen LogP contribution in [0.2, 0.25) is 0 Å². The van der Waals surface area contributed by atoms with Crippen LogP contribution in [-0.2, 0) is 0 Å². The number of pyridine rings is 1.